The molecule has 0 spiro atoms. The highest BCUT2D eigenvalue weighted by molar-refractivity contribution is 5.85. The average molecular weight is 522 g/mol. The van der Waals surface area contributed by atoms with Crippen LogP contribution in [0.1, 0.15) is 38.5 Å². The molecule has 204 valence electrons. The van der Waals surface area contributed by atoms with E-state index < -0.39 is 24.0 Å². The van der Waals surface area contributed by atoms with Crippen LogP contribution in [0.15, 0.2) is 0 Å². The van der Waals surface area contributed by atoms with Crippen LogP contribution in [-0.4, -0.2) is 109 Å². The van der Waals surface area contributed by atoms with Crippen LogP contribution >= 0.6 is 0 Å². The summed E-state index contributed by atoms with van der Waals surface area (Å²) < 4.78 is 16.2. The first kappa shape index (κ1) is 26.1. The van der Waals surface area contributed by atoms with E-state index in [0.717, 1.165) is 32.0 Å². The van der Waals surface area contributed by atoms with Crippen LogP contribution in [0.5, 0.6) is 0 Å². The van der Waals surface area contributed by atoms with E-state index in [1.54, 1.807) is 0 Å². The van der Waals surface area contributed by atoms with Crippen molar-refractivity contribution in [2.45, 2.75) is 69.2 Å². The molecule has 3 amide bonds. The molecule has 12 heteroatoms. The highest BCUT2D eigenvalue weighted by Gasteiger charge is 2.61. The fourth-order valence-electron chi connectivity index (χ4n) is 6.91. The van der Waals surface area contributed by atoms with E-state index in [4.69, 9.17) is 9.47 Å². The summed E-state index contributed by atoms with van der Waals surface area (Å²) in [6.45, 7) is 0.570. The number of amides is 3. The van der Waals surface area contributed by atoms with E-state index in [9.17, 15) is 29.1 Å². The van der Waals surface area contributed by atoms with Crippen LogP contribution in [0.4, 0.5) is 0 Å². The van der Waals surface area contributed by atoms with Gasteiger partial charge in [0, 0.05) is 38.5 Å². The first-order chi connectivity index (χ1) is 17.8. The zero-order chi connectivity index (χ0) is 26.3. The number of likely N-dealkylation sites (tertiary alicyclic amines) is 1. The molecule has 9 unspecified atom stereocenters. The van der Waals surface area contributed by atoms with E-state index in [0.29, 0.717) is 0 Å². The van der Waals surface area contributed by atoms with Crippen LogP contribution in [0.3, 0.4) is 0 Å². The molecule has 0 aromatic rings. The lowest BCUT2D eigenvalue weighted by Gasteiger charge is -2.29. The topological polar surface area (TPSA) is 152 Å². The monoisotopic (exact) mass is 521 g/mol. The fourth-order valence-corrected chi connectivity index (χ4v) is 6.91. The zero-order valence-corrected chi connectivity index (χ0v) is 21.0. The van der Waals surface area contributed by atoms with Gasteiger partial charge < -0.3 is 39.2 Å². The largest absolute Gasteiger partial charge is 0.469 e. The molecule has 5 aliphatic rings. The number of ether oxygens (including phenoxy) is 3. The molecule has 12 nitrogen and oxygen atoms in total. The molecular formula is C25H35N3O9. The summed E-state index contributed by atoms with van der Waals surface area (Å²) in [5.74, 6) is -2.84. The lowest BCUT2D eigenvalue weighted by Crippen LogP contribution is -2.47. The SMILES string of the molecule is COC(=O)CCC(=O)N(CCNC(=O)C1C2CCC(O2)C1C=O)CCN1C(=O)C2C3CCC(O3)C2C1O. The fraction of sp³-hybridized carbons (Fsp3) is 0.800. The zero-order valence-electron chi connectivity index (χ0n) is 21.0. The van der Waals surface area contributed by atoms with Gasteiger partial charge in [0.1, 0.15) is 12.5 Å². The summed E-state index contributed by atoms with van der Waals surface area (Å²) in [4.78, 5) is 64.7. The summed E-state index contributed by atoms with van der Waals surface area (Å²) in [6, 6.07) is 0. The van der Waals surface area contributed by atoms with Crippen LogP contribution in [-0.2, 0) is 38.2 Å². The van der Waals surface area contributed by atoms with Crippen molar-refractivity contribution in [3.8, 4) is 0 Å². The van der Waals surface area contributed by atoms with Crippen LogP contribution in [0.25, 0.3) is 0 Å². The Bertz CT molecular complexity index is 944. The Morgan fingerprint density at radius 1 is 1.08 bits per heavy atom. The Labute approximate surface area is 214 Å². The minimum Gasteiger partial charge on any atom is -0.469 e. The van der Waals surface area contributed by atoms with E-state index in [1.807, 2.05) is 0 Å². The second-order valence-corrected chi connectivity index (χ2v) is 10.6. The lowest BCUT2D eigenvalue weighted by molar-refractivity contribution is -0.144. The van der Waals surface area contributed by atoms with Crippen LogP contribution < -0.4 is 5.32 Å². The summed E-state index contributed by atoms with van der Waals surface area (Å²) in [7, 11) is 1.25. The molecule has 2 N–H and O–H groups in total. The number of esters is 1. The van der Waals surface area contributed by atoms with Gasteiger partial charge in [-0.25, -0.2) is 0 Å². The van der Waals surface area contributed by atoms with Crippen molar-refractivity contribution < 1.29 is 43.3 Å². The molecule has 0 radical (unpaired) electrons. The highest BCUT2D eigenvalue weighted by atomic mass is 16.5. The van der Waals surface area contributed by atoms with Crippen molar-refractivity contribution in [2.75, 3.05) is 33.3 Å². The third-order valence-corrected chi connectivity index (χ3v) is 8.77. The Balaban J connectivity index is 1.17. The van der Waals surface area contributed by atoms with Gasteiger partial charge in [-0.15, -0.1) is 0 Å². The Morgan fingerprint density at radius 2 is 1.78 bits per heavy atom. The molecule has 0 aromatic heterocycles. The molecule has 5 aliphatic heterocycles. The number of aliphatic hydroxyl groups is 1. The molecule has 5 saturated heterocycles. The number of aldehydes is 1. The van der Waals surface area contributed by atoms with Crippen molar-refractivity contribution in [1.82, 2.24) is 15.1 Å². The maximum atomic E-state index is 13.0. The van der Waals surface area contributed by atoms with Gasteiger partial charge in [0.2, 0.25) is 17.7 Å². The van der Waals surface area contributed by atoms with Crippen molar-refractivity contribution in [3.63, 3.8) is 0 Å². The van der Waals surface area contributed by atoms with Gasteiger partial charge in [0.25, 0.3) is 0 Å². The summed E-state index contributed by atoms with van der Waals surface area (Å²) in [5.41, 5.74) is 0. The number of methoxy groups -OCH3 is 1. The minimum absolute atomic E-state index is 0.0756. The van der Waals surface area contributed by atoms with E-state index in [2.05, 4.69) is 10.1 Å². The molecule has 9 atom stereocenters. The van der Waals surface area contributed by atoms with E-state index >= 15 is 0 Å². The maximum Gasteiger partial charge on any atom is 0.306 e. The molecular weight excluding hydrogens is 486 g/mol. The van der Waals surface area contributed by atoms with Crippen molar-refractivity contribution >= 4 is 30.0 Å². The number of rotatable bonds is 11. The van der Waals surface area contributed by atoms with Crippen LogP contribution in [0, 0.1) is 23.7 Å². The standard InChI is InChI=1S/C25H35N3O9/c1-35-19(31)7-6-18(30)27(9-8-26-23(32)20-13(12-29)14-2-3-15(20)36-14)10-11-28-24(33)21-16-4-5-17(37-16)22(21)25(28)34/h12-17,20-22,24,33H,2-11H2,1H3,(H,26,32). The first-order valence-electron chi connectivity index (χ1n) is 13.2. The first-order valence-corrected chi connectivity index (χ1v) is 13.2. The van der Waals surface area contributed by atoms with Gasteiger partial charge in [0.15, 0.2) is 0 Å². The number of hydrogen-bond donors (Lipinski definition) is 2. The van der Waals surface area contributed by atoms with E-state index in [1.165, 1.54) is 16.9 Å². The molecule has 4 bridgehead atoms. The van der Waals surface area contributed by atoms with Gasteiger partial charge in [-0.1, -0.05) is 0 Å². The molecule has 5 heterocycles. The average Bonchev–Trinajstić information content (AvgIpc) is 3.72. The molecule has 37 heavy (non-hydrogen) atoms. The molecule has 0 aromatic carbocycles. The third-order valence-electron chi connectivity index (χ3n) is 8.77. The van der Waals surface area contributed by atoms with Crippen molar-refractivity contribution in [2.24, 2.45) is 23.7 Å². The normalized spacial score (nSPS) is 37.1. The van der Waals surface area contributed by atoms with Crippen molar-refractivity contribution in [3.05, 3.63) is 0 Å². The smallest absolute Gasteiger partial charge is 0.306 e. The van der Waals surface area contributed by atoms with E-state index in [-0.39, 0.29) is 93.0 Å². The molecule has 5 fully saturated rings. The second kappa shape index (κ2) is 10.7. The third kappa shape index (κ3) is 4.74. The highest BCUT2D eigenvalue weighted by Crippen LogP contribution is 2.50. The van der Waals surface area contributed by atoms with Crippen molar-refractivity contribution in [1.29, 1.82) is 0 Å². The quantitative estimate of drug-likeness (QED) is 0.253. The number of carbonyl (C=O) groups is 5. The molecule has 0 aliphatic carbocycles. The Kier molecular flexibility index (Phi) is 7.51. The molecule has 5 rings (SSSR count). The number of nitrogens with zero attached hydrogens (tertiary/aromatic N) is 2. The Hall–Kier alpha value is -2.57. The molecule has 0 saturated carbocycles. The number of hydrogen-bond acceptors (Lipinski definition) is 9. The van der Waals surface area contributed by atoms with Gasteiger partial charge in [-0.3, -0.25) is 19.2 Å². The predicted octanol–water partition coefficient (Wildman–Crippen LogP) is -1.17. The summed E-state index contributed by atoms with van der Waals surface area (Å²) in [5, 5.41) is 13.7. The number of carbonyl (C=O) groups excluding carboxylic acids is 5. The summed E-state index contributed by atoms with van der Waals surface area (Å²) >= 11 is 0. The van der Waals surface area contributed by atoms with Gasteiger partial charge in [-0.2, -0.15) is 0 Å². The predicted molar refractivity (Wildman–Crippen MR) is 124 cm³/mol. The number of fused-ring (bicyclic) bond motifs is 7. The maximum absolute atomic E-state index is 13.0. The number of aliphatic hydroxyl groups excluding tert-OH is 1. The van der Waals surface area contributed by atoms with Crippen LogP contribution in [0.2, 0.25) is 0 Å². The van der Waals surface area contributed by atoms with Gasteiger partial charge >= 0.3 is 5.97 Å². The van der Waals surface area contributed by atoms with Gasteiger partial charge in [0.05, 0.1) is 55.7 Å². The number of nitrogens with one attached hydrogen (secondary N) is 1. The minimum atomic E-state index is -0.961. The Morgan fingerprint density at radius 3 is 2.51 bits per heavy atom. The summed E-state index contributed by atoms with van der Waals surface area (Å²) in [6.07, 6.45) is 2.10. The second-order valence-electron chi connectivity index (χ2n) is 10.6. The lowest BCUT2D eigenvalue weighted by atomic mass is 9.79. The van der Waals surface area contributed by atoms with Gasteiger partial charge in [-0.05, 0) is 25.7 Å².